The van der Waals surface area contributed by atoms with Crippen molar-refractivity contribution in [3.05, 3.63) is 18.2 Å². The molecule has 2 atom stereocenters. The van der Waals surface area contributed by atoms with Crippen molar-refractivity contribution in [3.63, 3.8) is 0 Å². The number of benzene rings is 1. The van der Waals surface area contributed by atoms with Crippen LogP contribution in [0.15, 0.2) is 23.1 Å². The summed E-state index contributed by atoms with van der Waals surface area (Å²) in [6, 6.07) is 5.29. The van der Waals surface area contributed by atoms with Crippen molar-refractivity contribution >= 4 is 16.7 Å². The van der Waals surface area contributed by atoms with Gasteiger partial charge in [-0.25, -0.2) is 0 Å². The Hall–Kier alpha value is -1.60. The lowest BCUT2D eigenvalue weighted by molar-refractivity contribution is -0.120. The van der Waals surface area contributed by atoms with Crippen molar-refractivity contribution in [2.24, 2.45) is 11.7 Å². The maximum atomic E-state index is 12.3. The van der Waals surface area contributed by atoms with E-state index in [4.69, 9.17) is 15.2 Å². The average Bonchev–Trinajstić information content (AvgIpc) is 3.42. The molecule has 1 heterocycles. The largest absolute Gasteiger partial charge is 0.486 e. The van der Waals surface area contributed by atoms with Crippen LogP contribution in [0.5, 0.6) is 11.5 Å². The summed E-state index contributed by atoms with van der Waals surface area (Å²) >= 11 is 0. The van der Waals surface area contributed by atoms with E-state index in [1.807, 2.05) is 0 Å². The number of rotatable bonds is 7. The summed E-state index contributed by atoms with van der Waals surface area (Å²) in [5, 5.41) is 2.82. The van der Waals surface area contributed by atoms with Crippen LogP contribution in [0.1, 0.15) is 19.3 Å². The fourth-order valence-corrected chi connectivity index (χ4v) is 3.54. The zero-order valence-corrected chi connectivity index (χ0v) is 13.8. The fraction of sp³-hybridized carbons (Fsp3) is 0.562. The van der Waals surface area contributed by atoms with Crippen LogP contribution in [0.25, 0.3) is 0 Å². The van der Waals surface area contributed by atoms with E-state index in [0.717, 1.165) is 12.8 Å². The van der Waals surface area contributed by atoms with Crippen molar-refractivity contribution in [2.75, 3.05) is 25.5 Å². The van der Waals surface area contributed by atoms with E-state index >= 15 is 0 Å². The molecule has 23 heavy (non-hydrogen) atoms. The Labute approximate surface area is 138 Å². The zero-order valence-electron chi connectivity index (χ0n) is 13.0. The Morgan fingerprint density at radius 1 is 1.30 bits per heavy atom. The van der Waals surface area contributed by atoms with Gasteiger partial charge in [0.1, 0.15) is 13.2 Å². The van der Waals surface area contributed by atoms with E-state index in [0.29, 0.717) is 42.1 Å². The Morgan fingerprint density at radius 3 is 2.78 bits per heavy atom. The first-order valence-corrected chi connectivity index (χ1v) is 9.25. The van der Waals surface area contributed by atoms with E-state index in [1.165, 1.54) is 0 Å². The Bertz CT molecular complexity index is 604. The minimum absolute atomic E-state index is 0.0437. The first-order valence-electron chi connectivity index (χ1n) is 7.94. The highest BCUT2D eigenvalue weighted by molar-refractivity contribution is 7.85. The molecule has 3 rings (SSSR count). The van der Waals surface area contributed by atoms with Gasteiger partial charge in [0.15, 0.2) is 11.5 Å². The van der Waals surface area contributed by atoms with Crippen LogP contribution in [0, 0.1) is 5.92 Å². The average molecular weight is 338 g/mol. The van der Waals surface area contributed by atoms with Gasteiger partial charge in [0, 0.05) is 35.7 Å². The van der Waals surface area contributed by atoms with Gasteiger partial charge in [0.2, 0.25) is 5.91 Å². The summed E-state index contributed by atoms with van der Waals surface area (Å²) in [6.07, 6.45) is 2.54. The molecule has 0 spiro atoms. The molecular weight excluding hydrogens is 316 g/mol. The lowest BCUT2D eigenvalue weighted by atomic mass is 10.2. The number of carbonyl (C=O) groups excluding carboxylic acids is 1. The predicted octanol–water partition coefficient (Wildman–Crippen LogP) is 0.809. The molecule has 1 aliphatic carbocycles. The minimum Gasteiger partial charge on any atom is -0.486 e. The van der Waals surface area contributed by atoms with Crippen LogP contribution in [-0.2, 0) is 15.6 Å². The molecule has 0 bridgehead atoms. The van der Waals surface area contributed by atoms with Crippen molar-refractivity contribution in [3.8, 4) is 11.5 Å². The highest BCUT2D eigenvalue weighted by Gasteiger charge is 2.28. The molecule has 1 aromatic rings. The molecule has 3 N–H and O–H groups in total. The molecule has 1 saturated carbocycles. The van der Waals surface area contributed by atoms with Crippen molar-refractivity contribution in [1.82, 2.24) is 5.32 Å². The molecule has 126 valence electrons. The topological polar surface area (TPSA) is 90.7 Å². The molecule has 1 fully saturated rings. The molecule has 6 nitrogen and oxygen atoms in total. The van der Waals surface area contributed by atoms with Crippen LogP contribution < -0.4 is 20.5 Å². The maximum Gasteiger partial charge on any atom is 0.220 e. The Morgan fingerprint density at radius 2 is 2.04 bits per heavy atom. The number of nitrogens with two attached hydrogens (primary N) is 1. The fourth-order valence-electron chi connectivity index (χ4n) is 2.48. The lowest BCUT2D eigenvalue weighted by Crippen LogP contribution is -2.38. The number of hydrogen-bond acceptors (Lipinski definition) is 5. The zero-order chi connectivity index (χ0) is 16.2. The Kier molecular flexibility index (Phi) is 5.17. The maximum absolute atomic E-state index is 12.3. The summed E-state index contributed by atoms with van der Waals surface area (Å²) in [4.78, 5) is 12.5. The van der Waals surface area contributed by atoms with Crippen LogP contribution in [0.3, 0.4) is 0 Å². The van der Waals surface area contributed by atoms with Gasteiger partial charge in [-0.15, -0.1) is 0 Å². The summed E-state index contributed by atoms with van der Waals surface area (Å²) in [5.74, 6) is 2.02. The normalized spacial score (nSPS) is 19.0. The van der Waals surface area contributed by atoms with Crippen LogP contribution >= 0.6 is 0 Å². The molecule has 1 aromatic carbocycles. The number of hydrogen-bond donors (Lipinski definition) is 2. The SMILES string of the molecule is NC(CNC(=O)CCS(=O)c1ccc2c(c1)OCCO2)C1CC1. The van der Waals surface area contributed by atoms with Crippen molar-refractivity contribution in [2.45, 2.75) is 30.2 Å². The molecule has 7 heteroatoms. The third-order valence-corrected chi connectivity index (χ3v) is 5.41. The second-order valence-electron chi connectivity index (χ2n) is 5.91. The third kappa shape index (κ3) is 4.45. The number of amides is 1. The Balaban J connectivity index is 1.46. The van der Waals surface area contributed by atoms with Gasteiger partial charge in [-0.05, 0) is 30.9 Å². The molecule has 1 amide bonds. The highest BCUT2D eigenvalue weighted by atomic mass is 32.2. The first kappa shape index (κ1) is 16.3. The number of fused-ring (bicyclic) bond motifs is 1. The number of carbonyl (C=O) groups is 1. The lowest BCUT2D eigenvalue weighted by Gasteiger charge is -2.18. The standard InChI is InChI=1S/C16H22N2O4S/c17-13(11-1-2-11)10-18-16(19)5-8-23(20)12-3-4-14-15(9-12)22-7-6-21-14/h3-4,9,11,13H,1-2,5-8,10,17H2,(H,18,19). The molecule has 2 unspecified atom stereocenters. The van der Waals surface area contributed by atoms with Gasteiger partial charge < -0.3 is 20.5 Å². The van der Waals surface area contributed by atoms with E-state index in [2.05, 4.69) is 5.32 Å². The van der Waals surface area contributed by atoms with Gasteiger partial charge in [-0.2, -0.15) is 0 Å². The summed E-state index contributed by atoms with van der Waals surface area (Å²) in [6.45, 7) is 1.52. The van der Waals surface area contributed by atoms with Gasteiger partial charge in [0.05, 0.1) is 10.8 Å². The second kappa shape index (κ2) is 7.31. The van der Waals surface area contributed by atoms with Crippen LogP contribution in [0.4, 0.5) is 0 Å². The molecule has 1 aliphatic heterocycles. The first-order chi connectivity index (χ1) is 11.1. The van der Waals surface area contributed by atoms with Gasteiger partial charge in [-0.3, -0.25) is 9.00 Å². The number of ether oxygens (including phenoxy) is 2. The van der Waals surface area contributed by atoms with Crippen LogP contribution in [0.2, 0.25) is 0 Å². The highest BCUT2D eigenvalue weighted by Crippen LogP contribution is 2.32. The molecular formula is C16H22N2O4S. The van der Waals surface area contributed by atoms with Crippen molar-refractivity contribution < 1.29 is 18.5 Å². The minimum atomic E-state index is -1.24. The summed E-state index contributed by atoms with van der Waals surface area (Å²) in [7, 11) is -1.24. The van der Waals surface area contributed by atoms with E-state index < -0.39 is 10.8 Å². The third-order valence-electron chi connectivity index (χ3n) is 4.05. The van der Waals surface area contributed by atoms with E-state index in [-0.39, 0.29) is 24.1 Å². The van der Waals surface area contributed by atoms with E-state index in [9.17, 15) is 9.00 Å². The smallest absolute Gasteiger partial charge is 0.220 e. The van der Waals surface area contributed by atoms with Gasteiger partial charge in [0.25, 0.3) is 0 Å². The van der Waals surface area contributed by atoms with Crippen LogP contribution in [-0.4, -0.2) is 41.7 Å². The monoisotopic (exact) mass is 338 g/mol. The van der Waals surface area contributed by atoms with Gasteiger partial charge in [-0.1, -0.05) is 0 Å². The molecule has 0 aromatic heterocycles. The van der Waals surface area contributed by atoms with E-state index in [1.54, 1.807) is 18.2 Å². The predicted molar refractivity (Wildman–Crippen MR) is 87.0 cm³/mol. The molecule has 2 aliphatic rings. The molecule has 0 radical (unpaired) electrons. The van der Waals surface area contributed by atoms with Crippen molar-refractivity contribution in [1.29, 1.82) is 0 Å². The number of nitrogens with one attached hydrogen (secondary N) is 1. The molecule has 0 saturated heterocycles. The summed E-state index contributed by atoms with van der Waals surface area (Å²) in [5.41, 5.74) is 5.94. The second-order valence-corrected chi connectivity index (χ2v) is 7.48. The quantitative estimate of drug-likeness (QED) is 0.768. The summed E-state index contributed by atoms with van der Waals surface area (Å²) < 4.78 is 23.2. The van der Waals surface area contributed by atoms with Gasteiger partial charge >= 0.3 is 0 Å².